The van der Waals surface area contributed by atoms with Crippen molar-refractivity contribution in [2.75, 3.05) is 5.32 Å². The molecule has 0 aromatic carbocycles. The number of rotatable bonds is 2. The predicted molar refractivity (Wildman–Crippen MR) is 68.1 cm³/mol. The zero-order valence-electron chi connectivity index (χ0n) is 11.7. The zero-order valence-corrected chi connectivity index (χ0v) is 11.7. The van der Waals surface area contributed by atoms with Gasteiger partial charge in [-0.15, -0.1) is 0 Å². The molecule has 18 heavy (non-hydrogen) atoms. The molecular weight excluding hydrogens is 230 g/mol. The lowest BCUT2D eigenvalue weighted by atomic mass is 9.96. The van der Waals surface area contributed by atoms with Gasteiger partial charge in [0.1, 0.15) is 11.4 Å². The van der Waals surface area contributed by atoms with Crippen LogP contribution in [-0.2, 0) is 5.41 Å². The Bertz CT molecular complexity index is 465. The van der Waals surface area contributed by atoms with Crippen LogP contribution in [0.4, 0.5) is 5.95 Å². The predicted octanol–water partition coefficient (Wildman–Crippen LogP) is 2.24. The molecule has 0 spiro atoms. The standard InChI is InChI=1S/C12H19N5O/c1-11(2,3)8-15-9(14-7-13)17-10(16-8)18-12(4,5)6/h1-6H3,(H,14,15,16,17). The highest BCUT2D eigenvalue weighted by Gasteiger charge is 2.22. The SMILES string of the molecule is CC(C)(C)Oc1nc(NC#N)nc(C(C)(C)C)n1. The normalized spacial score (nSPS) is 11.8. The minimum absolute atomic E-state index is 0.205. The van der Waals surface area contributed by atoms with Crippen LogP contribution in [0, 0.1) is 11.5 Å². The van der Waals surface area contributed by atoms with Gasteiger partial charge in [-0.2, -0.15) is 20.2 Å². The van der Waals surface area contributed by atoms with Gasteiger partial charge in [-0.05, 0) is 20.8 Å². The molecule has 0 aliphatic rings. The summed E-state index contributed by atoms with van der Waals surface area (Å²) in [5, 5.41) is 11.0. The highest BCUT2D eigenvalue weighted by molar-refractivity contribution is 5.32. The Labute approximate surface area is 107 Å². The van der Waals surface area contributed by atoms with Crippen molar-refractivity contribution in [2.45, 2.75) is 52.6 Å². The largest absolute Gasteiger partial charge is 0.458 e. The van der Waals surface area contributed by atoms with E-state index in [4.69, 9.17) is 10.00 Å². The van der Waals surface area contributed by atoms with Crippen LogP contribution in [0.5, 0.6) is 6.01 Å². The molecule has 1 heterocycles. The molecule has 6 nitrogen and oxygen atoms in total. The molecule has 0 fully saturated rings. The van der Waals surface area contributed by atoms with Gasteiger partial charge in [0.05, 0.1) is 0 Å². The average Bonchev–Trinajstić information content (AvgIpc) is 2.13. The molecule has 98 valence electrons. The van der Waals surface area contributed by atoms with Gasteiger partial charge in [0.25, 0.3) is 0 Å². The Kier molecular flexibility index (Phi) is 3.75. The third kappa shape index (κ3) is 4.17. The van der Waals surface area contributed by atoms with Crippen LogP contribution < -0.4 is 10.1 Å². The van der Waals surface area contributed by atoms with E-state index in [1.54, 1.807) is 6.19 Å². The second kappa shape index (κ2) is 4.77. The minimum atomic E-state index is -0.402. The molecule has 0 aliphatic heterocycles. The molecule has 1 N–H and O–H groups in total. The lowest BCUT2D eigenvalue weighted by Gasteiger charge is -2.22. The first-order chi connectivity index (χ1) is 8.12. The first kappa shape index (κ1) is 14.2. The lowest BCUT2D eigenvalue weighted by molar-refractivity contribution is 0.115. The summed E-state index contributed by atoms with van der Waals surface area (Å²) in [5.74, 6) is 0.783. The molecule has 1 rings (SSSR count). The van der Waals surface area contributed by atoms with Crippen LogP contribution in [0.25, 0.3) is 0 Å². The molecule has 0 atom stereocenters. The molecule has 6 heteroatoms. The lowest BCUT2D eigenvalue weighted by Crippen LogP contribution is -2.26. The number of nitrogens with zero attached hydrogens (tertiary/aromatic N) is 4. The van der Waals surface area contributed by atoms with Gasteiger partial charge in [0, 0.05) is 5.41 Å². The molecule has 0 bridgehead atoms. The Morgan fingerprint density at radius 3 is 2.11 bits per heavy atom. The van der Waals surface area contributed by atoms with Crippen molar-refractivity contribution >= 4 is 5.95 Å². The van der Waals surface area contributed by atoms with Crippen molar-refractivity contribution in [3.63, 3.8) is 0 Å². The summed E-state index contributed by atoms with van der Waals surface area (Å²) in [5.41, 5.74) is -0.648. The molecule has 0 unspecified atom stereocenters. The maximum Gasteiger partial charge on any atom is 0.322 e. The van der Waals surface area contributed by atoms with Gasteiger partial charge in [-0.1, -0.05) is 20.8 Å². The van der Waals surface area contributed by atoms with Crippen molar-refractivity contribution in [3.05, 3.63) is 5.82 Å². The van der Waals surface area contributed by atoms with Crippen LogP contribution in [-0.4, -0.2) is 20.6 Å². The van der Waals surface area contributed by atoms with Gasteiger partial charge >= 0.3 is 6.01 Å². The van der Waals surface area contributed by atoms with Crippen molar-refractivity contribution in [1.29, 1.82) is 5.26 Å². The van der Waals surface area contributed by atoms with Gasteiger partial charge < -0.3 is 4.74 Å². The highest BCUT2D eigenvalue weighted by Crippen LogP contribution is 2.22. The quantitative estimate of drug-likeness (QED) is 0.639. The molecule has 1 aromatic rings. The maximum atomic E-state index is 8.63. The molecule has 0 saturated heterocycles. The van der Waals surface area contributed by atoms with E-state index in [2.05, 4.69) is 20.3 Å². The summed E-state index contributed by atoms with van der Waals surface area (Å²) < 4.78 is 5.61. The van der Waals surface area contributed by atoms with E-state index in [0.29, 0.717) is 5.82 Å². The number of ether oxygens (including phenoxy) is 1. The van der Waals surface area contributed by atoms with Crippen LogP contribution >= 0.6 is 0 Å². The topological polar surface area (TPSA) is 83.7 Å². The molecular formula is C12H19N5O. The number of nitrogens with one attached hydrogen (secondary N) is 1. The third-order valence-corrected chi connectivity index (χ3v) is 1.85. The van der Waals surface area contributed by atoms with E-state index in [9.17, 15) is 0 Å². The molecule has 0 radical (unpaired) electrons. The molecule has 1 aromatic heterocycles. The second-order valence-corrected chi connectivity index (χ2v) is 5.97. The monoisotopic (exact) mass is 249 g/mol. The smallest absolute Gasteiger partial charge is 0.322 e. The van der Waals surface area contributed by atoms with Crippen molar-refractivity contribution in [1.82, 2.24) is 15.0 Å². The van der Waals surface area contributed by atoms with E-state index in [1.807, 2.05) is 41.5 Å². The van der Waals surface area contributed by atoms with Crippen LogP contribution in [0.3, 0.4) is 0 Å². The second-order valence-electron chi connectivity index (χ2n) is 5.97. The molecule has 0 aliphatic carbocycles. The third-order valence-electron chi connectivity index (χ3n) is 1.85. The van der Waals surface area contributed by atoms with E-state index in [1.165, 1.54) is 0 Å². The Balaban J connectivity index is 3.19. The van der Waals surface area contributed by atoms with E-state index in [0.717, 1.165) is 0 Å². The van der Waals surface area contributed by atoms with Gasteiger partial charge in [-0.3, -0.25) is 5.32 Å². The van der Waals surface area contributed by atoms with Gasteiger partial charge in [-0.25, -0.2) is 0 Å². The number of aromatic nitrogens is 3. The summed E-state index contributed by atoms with van der Waals surface area (Å²) in [7, 11) is 0. The molecule has 0 amide bonds. The van der Waals surface area contributed by atoms with E-state index >= 15 is 0 Å². The van der Waals surface area contributed by atoms with Crippen molar-refractivity contribution in [3.8, 4) is 12.2 Å². The molecule has 0 saturated carbocycles. The zero-order chi connectivity index (χ0) is 14.0. The van der Waals surface area contributed by atoms with Crippen molar-refractivity contribution < 1.29 is 4.74 Å². The fraction of sp³-hybridized carbons (Fsp3) is 0.667. The number of nitriles is 1. The minimum Gasteiger partial charge on any atom is -0.458 e. The van der Waals surface area contributed by atoms with Crippen LogP contribution in [0.1, 0.15) is 47.4 Å². The number of anilines is 1. The van der Waals surface area contributed by atoms with Crippen LogP contribution in [0.2, 0.25) is 0 Å². The van der Waals surface area contributed by atoms with Crippen molar-refractivity contribution in [2.24, 2.45) is 0 Å². The van der Waals surface area contributed by atoms with Gasteiger partial charge in [0.2, 0.25) is 5.95 Å². The van der Waals surface area contributed by atoms with E-state index < -0.39 is 5.60 Å². The summed E-state index contributed by atoms with van der Waals surface area (Å²) in [6.07, 6.45) is 1.79. The first-order valence-corrected chi connectivity index (χ1v) is 5.72. The summed E-state index contributed by atoms with van der Waals surface area (Å²) in [4.78, 5) is 12.5. The summed E-state index contributed by atoms with van der Waals surface area (Å²) >= 11 is 0. The summed E-state index contributed by atoms with van der Waals surface area (Å²) in [6, 6.07) is 0.222. The fourth-order valence-corrected chi connectivity index (χ4v) is 1.12. The van der Waals surface area contributed by atoms with Gasteiger partial charge in [0.15, 0.2) is 6.19 Å². The first-order valence-electron chi connectivity index (χ1n) is 5.72. The number of hydrogen-bond donors (Lipinski definition) is 1. The Hall–Kier alpha value is -1.90. The number of hydrogen-bond acceptors (Lipinski definition) is 6. The van der Waals surface area contributed by atoms with Crippen LogP contribution in [0.15, 0.2) is 0 Å². The summed E-state index contributed by atoms with van der Waals surface area (Å²) in [6.45, 7) is 11.7. The average molecular weight is 249 g/mol. The Morgan fingerprint density at radius 2 is 1.67 bits per heavy atom. The highest BCUT2D eigenvalue weighted by atomic mass is 16.5. The maximum absolute atomic E-state index is 8.63. The Morgan fingerprint density at radius 1 is 1.06 bits per heavy atom. The fourth-order valence-electron chi connectivity index (χ4n) is 1.12. The van der Waals surface area contributed by atoms with E-state index in [-0.39, 0.29) is 17.4 Å².